The Kier molecular flexibility index (Phi) is 7.25. The molecule has 0 aliphatic heterocycles. The number of hydrogen-bond acceptors (Lipinski definition) is 5. The van der Waals surface area contributed by atoms with Crippen molar-refractivity contribution in [3.63, 3.8) is 0 Å². The molecule has 0 atom stereocenters. The maximum Gasteiger partial charge on any atom is 0.350 e. The van der Waals surface area contributed by atoms with Crippen molar-refractivity contribution >= 4 is 28.9 Å². The van der Waals surface area contributed by atoms with Crippen LogP contribution in [0, 0.1) is 11.8 Å². The van der Waals surface area contributed by atoms with Crippen LogP contribution in [-0.4, -0.2) is 35.7 Å². The van der Waals surface area contributed by atoms with E-state index in [1.165, 1.54) is 18.4 Å². The van der Waals surface area contributed by atoms with E-state index < -0.39 is 11.6 Å². The largest absolute Gasteiger partial charge is 0.465 e. The third-order valence-corrected chi connectivity index (χ3v) is 8.55. The summed E-state index contributed by atoms with van der Waals surface area (Å²) in [6.07, 6.45) is 6.64. The number of amides is 1. The molecule has 4 rings (SSSR count). The Hall–Kier alpha value is -2.18. The Morgan fingerprint density at radius 3 is 2.30 bits per heavy atom. The number of carbonyl (C=O) groups is 2. The van der Waals surface area contributed by atoms with Crippen LogP contribution in [0.4, 0.5) is 5.69 Å². The highest BCUT2D eigenvalue weighted by atomic mass is 32.1. The van der Waals surface area contributed by atoms with E-state index in [1.807, 2.05) is 48.2 Å². The van der Waals surface area contributed by atoms with Crippen LogP contribution in [0.1, 0.15) is 74.9 Å². The first-order chi connectivity index (χ1) is 15.8. The van der Waals surface area contributed by atoms with E-state index in [4.69, 9.17) is 4.74 Å². The van der Waals surface area contributed by atoms with Crippen molar-refractivity contribution < 1.29 is 19.4 Å². The zero-order valence-corrected chi connectivity index (χ0v) is 20.7. The molecule has 2 aliphatic carbocycles. The molecule has 5 nitrogen and oxygen atoms in total. The Morgan fingerprint density at radius 2 is 1.70 bits per heavy atom. The monoisotopic (exact) mass is 469 g/mol. The molecule has 178 valence electrons. The molecule has 1 N–H and O–H groups in total. The van der Waals surface area contributed by atoms with E-state index >= 15 is 0 Å². The topological polar surface area (TPSA) is 66.8 Å². The van der Waals surface area contributed by atoms with Gasteiger partial charge in [-0.2, -0.15) is 0 Å². The molecule has 1 heterocycles. The average molecular weight is 470 g/mol. The average Bonchev–Trinajstić information content (AvgIpc) is 3.25. The van der Waals surface area contributed by atoms with Gasteiger partial charge >= 0.3 is 5.97 Å². The summed E-state index contributed by atoms with van der Waals surface area (Å²) < 4.78 is 5.13. The van der Waals surface area contributed by atoms with Gasteiger partial charge in [-0.15, -0.1) is 11.3 Å². The van der Waals surface area contributed by atoms with Gasteiger partial charge in [0.2, 0.25) is 5.91 Å². The molecule has 2 saturated carbocycles. The molecule has 0 unspecified atom stereocenters. The quantitative estimate of drug-likeness (QED) is 0.541. The Balaban J connectivity index is 1.75. The van der Waals surface area contributed by atoms with Crippen LogP contribution < -0.4 is 4.90 Å². The molecular formula is C27H35NO4S. The van der Waals surface area contributed by atoms with Gasteiger partial charge in [0, 0.05) is 16.8 Å². The number of carbonyl (C=O) groups excluding carboxylic acids is 2. The molecule has 0 spiro atoms. The predicted octanol–water partition coefficient (Wildman–Crippen LogP) is 6.05. The van der Waals surface area contributed by atoms with Crippen molar-refractivity contribution in [2.24, 2.45) is 11.8 Å². The highest BCUT2D eigenvalue weighted by Gasteiger charge is 2.39. The third kappa shape index (κ3) is 5.33. The Morgan fingerprint density at radius 1 is 1.06 bits per heavy atom. The van der Waals surface area contributed by atoms with Gasteiger partial charge in [-0.05, 0) is 75.8 Å². The Labute approximate surface area is 200 Å². The molecular weight excluding hydrogens is 434 g/mol. The fourth-order valence-electron chi connectivity index (χ4n) is 5.23. The van der Waals surface area contributed by atoms with Gasteiger partial charge in [-0.3, -0.25) is 4.79 Å². The van der Waals surface area contributed by atoms with Crippen LogP contribution in [0.2, 0.25) is 0 Å². The minimum absolute atomic E-state index is 0.0193. The van der Waals surface area contributed by atoms with Crippen molar-refractivity contribution in [1.29, 1.82) is 0 Å². The molecule has 1 amide bonds. The first-order valence-electron chi connectivity index (χ1n) is 12.1. The van der Waals surface area contributed by atoms with Gasteiger partial charge < -0.3 is 14.7 Å². The summed E-state index contributed by atoms with van der Waals surface area (Å²) in [6.45, 7) is 4.12. The summed E-state index contributed by atoms with van der Waals surface area (Å²) >= 11 is 1.38. The van der Waals surface area contributed by atoms with Crippen LogP contribution in [0.5, 0.6) is 0 Å². The van der Waals surface area contributed by atoms with Crippen molar-refractivity contribution in [3.8, 4) is 10.4 Å². The summed E-state index contributed by atoms with van der Waals surface area (Å²) in [5, 5.41) is 10.5. The zero-order chi connectivity index (χ0) is 23.6. The van der Waals surface area contributed by atoms with Crippen molar-refractivity contribution in [2.75, 3.05) is 12.0 Å². The van der Waals surface area contributed by atoms with E-state index in [0.29, 0.717) is 29.3 Å². The lowest BCUT2D eigenvalue weighted by Gasteiger charge is -2.41. The Bertz CT molecular complexity index is 965. The van der Waals surface area contributed by atoms with Gasteiger partial charge in [-0.1, -0.05) is 37.3 Å². The van der Waals surface area contributed by atoms with E-state index in [0.717, 1.165) is 49.0 Å². The second-order valence-electron chi connectivity index (χ2n) is 10.1. The minimum Gasteiger partial charge on any atom is -0.465 e. The second kappa shape index (κ2) is 9.98. The molecule has 2 fully saturated rings. The molecule has 1 aromatic heterocycles. The van der Waals surface area contributed by atoms with E-state index in [9.17, 15) is 14.7 Å². The van der Waals surface area contributed by atoms with E-state index in [-0.39, 0.29) is 17.9 Å². The van der Waals surface area contributed by atoms with Gasteiger partial charge in [-0.25, -0.2) is 4.79 Å². The summed E-state index contributed by atoms with van der Waals surface area (Å²) in [6, 6.07) is 11.9. The van der Waals surface area contributed by atoms with Crippen LogP contribution in [-0.2, 0) is 9.53 Å². The first kappa shape index (κ1) is 24.0. The number of benzene rings is 1. The van der Waals surface area contributed by atoms with Crippen LogP contribution in [0.15, 0.2) is 36.4 Å². The predicted molar refractivity (Wildman–Crippen MR) is 133 cm³/mol. The SMILES string of the molecule is COC(=O)c1sc(-c2ccccc2)cc1N(C(=O)[C@H]1CC[C@H](C)CC1)C1CCC(C)(O)CC1. The van der Waals surface area contributed by atoms with Crippen molar-refractivity contribution in [3.05, 3.63) is 41.3 Å². The lowest BCUT2D eigenvalue weighted by atomic mass is 9.80. The van der Waals surface area contributed by atoms with Crippen LogP contribution in [0.25, 0.3) is 10.4 Å². The molecule has 0 radical (unpaired) electrons. The van der Waals surface area contributed by atoms with E-state index in [1.54, 1.807) is 0 Å². The highest BCUT2D eigenvalue weighted by Crippen LogP contribution is 2.42. The zero-order valence-electron chi connectivity index (χ0n) is 19.9. The highest BCUT2D eigenvalue weighted by molar-refractivity contribution is 7.18. The lowest BCUT2D eigenvalue weighted by molar-refractivity contribution is -0.124. The van der Waals surface area contributed by atoms with Gasteiger partial charge in [0.25, 0.3) is 0 Å². The standard InChI is InChI=1S/C27H35NO4S/c1-18-9-11-20(12-10-18)25(29)28(21-13-15-27(2,31)16-14-21)22-17-23(19-7-5-4-6-8-19)33-24(22)26(30)32-3/h4-8,17-18,20-21,31H,9-16H2,1-3H3/t18-,20-,21?,27?. The lowest BCUT2D eigenvalue weighted by Crippen LogP contribution is -2.48. The number of rotatable bonds is 5. The van der Waals surface area contributed by atoms with E-state index in [2.05, 4.69) is 6.92 Å². The molecule has 33 heavy (non-hydrogen) atoms. The molecule has 0 bridgehead atoms. The molecule has 1 aromatic carbocycles. The minimum atomic E-state index is -0.694. The van der Waals surface area contributed by atoms with Crippen LogP contribution >= 0.6 is 11.3 Å². The summed E-state index contributed by atoms with van der Waals surface area (Å²) in [7, 11) is 1.39. The van der Waals surface area contributed by atoms with Crippen molar-refractivity contribution in [2.45, 2.75) is 76.9 Å². The summed E-state index contributed by atoms with van der Waals surface area (Å²) in [5.74, 6) is 0.351. The number of aliphatic hydroxyl groups is 1. The number of thiophene rings is 1. The van der Waals surface area contributed by atoms with Gasteiger partial charge in [0.1, 0.15) is 4.88 Å². The summed E-state index contributed by atoms with van der Waals surface area (Å²) in [5.41, 5.74) is 0.991. The number of ether oxygens (including phenoxy) is 1. The molecule has 6 heteroatoms. The number of nitrogens with zero attached hydrogens (tertiary/aromatic N) is 1. The number of methoxy groups -OCH3 is 1. The number of anilines is 1. The normalized spacial score (nSPS) is 27.7. The first-order valence-corrected chi connectivity index (χ1v) is 12.9. The third-order valence-electron chi connectivity index (χ3n) is 7.40. The van der Waals surface area contributed by atoms with Crippen LogP contribution in [0.3, 0.4) is 0 Å². The van der Waals surface area contributed by atoms with Gasteiger partial charge in [0.15, 0.2) is 0 Å². The fourth-order valence-corrected chi connectivity index (χ4v) is 6.30. The molecule has 2 aromatic rings. The van der Waals surface area contributed by atoms with Crippen molar-refractivity contribution in [1.82, 2.24) is 0 Å². The maximum absolute atomic E-state index is 14.0. The molecule has 2 aliphatic rings. The number of esters is 1. The number of hydrogen-bond donors (Lipinski definition) is 1. The smallest absolute Gasteiger partial charge is 0.350 e. The molecule has 0 saturated heterocycles. The maximum atomic E-state index is 14.0. The second-order valence-corrected chi connectivity index (χ2v) is 11.1. The fraction of sp³-hybridized carbons (Fsp3) is 0.556. The van der Waals surface area contributed by atoms with Gasteiger partial charge in [0.05, 0.1) is 18.4 Å². The summed E-state index contributed by atoms with van der Waals surface area (Å²) in [4.78, 5) is 30.1.